The van der Waals surface area contributed by atoms with E-state index >= 15 is 0 Å². The standard InChI is InChI=1S/C15H10O5S/c1-20-15(17)9-6-7-11-13(8-9)21(18,19)12-5-3-2-4-10(12)14(11)16/h2-8H,1H3. The number of ketones is 1. The Bertz CT molecular complexity index is 881. The fourth-order valence-electron chi connectivity index (χ4n) is 2.33. The first-order chi connectivity index (χ1) is 9.96. The molecule has 0 radical (unpaired) electrons. The van der Waals surface area contributed by atoms with E-state index in [2.05, 4.69) is 4.74 Å². The van der Waals surface area contributed by atoms with Crippen molar-refractivity contribution in [3.05, 3.63) is 59.2 Å². The lowest BCUT2D eigenvalue weighted by molar-refractivity contribution is 0.0600. The Morgan fingerprint density at radius 2 is 1.67 bits per heavy atom. The van der Waals surface area contributed by atoms with Gasteiger partial charge in [-0.3, -0.25) is 4.79 Å². The fraction of sp³-hybridized carbons (Fsp3) is 0.0667. The lowest BCUT2D eigenvalue weighted by Gasteiger charge is -2.18. The number of carbonyl (C=O) groups excluding carboxylic acids is 2. The van der Waals surface area contributed by atoms with Crippen molar-refractivity contribution < 1.29 is 22.7 Å². The summed E-state index contributed by atoms with van der Waals surface area (Å²) in [7, 11) is -2.62. The van der Waals surface area contributed by atoms with Crippen molar-refractivity contribution in [2.24, 2.45) is 0 Å². The Morgan fingerprint density at radius 1 is 1.00 bits per heavy atom. The number of sulfone groups is 1. The quantitative estimate of drug-likeness (QED) is 0.641. The summed E-state index contributed by atoms with van der Waals surface area (Å²) in [5.74, 6) is -1.02. The highest BCUT2D eigenvalue weighted by molar-refractivity contribution is 7.91. The van der Waals surface area contributed by atoms with Gasteiger partial charge in [-0.2, -0.15) is 0 Å². The van der Waals surface area contributed by atoms with E-state index in [0.717, 1.165) is 0 Å². The van der Waals surface area contributed by atoms with Crippen molar-refractivity contribution in [1.29, 1.82) is 0 Å². The molecule has 2 aromatic rings. The molecule has 0 saturated carbocycles. The van der Waals surface area contributed by atoms with E-state index in [1.807, 2.05) is 0 Å². The molecule has 1 aliphatic rings. The second kappa shape index (κ2) is 4.53. The van der Waals surface area contributed by atoms with Crippen LogP contribution in [0.25, 0.3) is 0 Å². The minimum absolute atomic E-state index is 0.0375. The number of rotatable bonds is 1. The molecule has 0 bridgehead atoms. The molecule has 1 aliphatic heterocycles. The van der Waals surface area contributed by atoms with Crippen LogP contribution < -0.4 is 0 Å². The van der Waals surface area contributed by atoms with Crippen molar-refractivity contribution >= 4 is 21.6 Å². The molecular formula is C15H10O5S. The molecule has 0 fully saturated rings. The van der Waals surface area contributed by atoms with E-state index in [0.29, 0.717) is 0 Å². The third-order valence-corrected chi connectivity index (χ3v) is 5.21. The maximum Gasteiger partial charge on any atom is 0.337 e. The minimum Gasteiger partial charge on any atom is -0.465 e. The molecule has 0 unspecified atom stereocenters. The van der Waals surface area contributed by atoms with Crippen LogP contribution in [0.2, 0.25) is 0 Å². The molecule has 0 aromatic heterocycles. The molecule has 0 spiro atoms. The molecular weight excluding hydrogens is 292 g/mol. The second-order valence-corrected chi connectivity index (χ2v) is 6.42. The Hall–Kier alpha value is -2.47. The van der Waals surface area contributed by atoms with E-state index in [1.165, 1.54) is 37.4 Å². The number of esters is 1. The molecule has 3 rings (SSSR count). The molecule has 2 aromatic carbocycles. The van der Waals surface area contributed by atoms with Crippen LogP contribution in [0.15, 0.2) is 52.3 Å². The molecule has 0 amide bonds. The highest BCUT2D eigenvalue weighted by Crippen LogP contribution is 2.34. The normalized spacial score (nSPS) is 15.0. The largest absolute Gasteiger partial charge is 0.465 e. The van der Waals surface area contributed by atoms with Gasteiger partial charge < -0.3 is 4.74 Å². The number of carbonyl (C=O) groups is 2. The second-order valence-electron chi connectivity index (χ2n) is 4.53. The summed E-state index contributed by atoms with van der Waals surface area (Å²) in [6, 6.07) is 9.94. The van der Waals surface area contributed by atoms with E-state index in [1.54, 1.807) is 12.1 Å². The number of fused-ring (bicyclic) bond motifs is 2. The van der Waals surface area contributed by atoms with Crippen LogP contribution in [0, 0.1) is 0 Å². The van der Waals surface area contributed by atoms with E-state index in [-0.39, 0.29) is 32.3 Å². The molecule has 0 saturated heterocycles. The summed E-state index contributed by atoms with van der Waals surface area (Å²) in [6.45, 7) is 0. The van der Waals surface area contributed by atoms with Gasteiger partial charge in [-0.05, 0) is 30.3 Å². The average Bonchev–Trinajstić information content (AvgIpc) is 2.52. The van der Waals surface area contributed by atoms with Crippen LogP contribution in [0.3, 0.4) is 0 Å². The third-order valence-electron chi connectivity index (χ3n) is 3.36. The summed E-state index contributed by atoms with van der Waals surface area (Å²) >= 11 is 0. The summed E-state index contributed by atoms with van der Waals surface area (Å²) in [5, 5.41) is 0. The molecule has 21 heavy (non-hydrogen) atoms. The molecule has 106 valence electrons. The Morgan fingerprint density at radius 3 is 2.38 bits per heavy atom. The zero-order valence-corrected chi connectivity index (χ0v) is 11.8. The zero-order chi connectivity index (χ0) is 15.2. The van der Waals surface area contributed by atoms with Crippen LogP contribution >= 0.6 is 0 Å². The van der Waals surface area contributed by atoms with Crippen molar-refractivity contribution in [2.75, 3.05) is 7.11 Å². The van der Waals surface area contributed by atoms with Crippen molar-refractivity contribution in [3.63, 3.8) is 0 Å². The Balaban J connectivity index is 2.32. The smallest absolute Gasteiger partial charge is 0.337 e. The third kappa shape index (κ3) is 1.87. The first kappa shape index (κ1) is 13.5. The minimum atomic E-state index is -3.83. The zero-order valence-electron chi connectivity index (χ0n) is 11.0. The van der Waals surface area contributed by atoms with Crippen LogP contribution in [0.4, 0.5) is 0 Å². The van der Waals surface area contributed by atoms with E-state index < -0.39 is 15.8 Å². The van der Waals surface area contributed by atoms with Gasteiger partial charge in [0.25, 0.3) is 0 Å². The summed E-state index contributed by atoms with van der Waals surface area (Å²) in [4.78, 5) is 23.7. The van der Waals surface area contributed by atoms with Gasteiger partial charge in [-0.25, -0.2) is 13.2 Å². The molecule has 0 aliphatic carbocycles. The number of ether oxygens (including phenoxy) is 1. The lowest BCUT2D eigenvalue weighted by atomic mass is 10.0. The Kier molecular flexibility index (Phi) is 2.91. The molecule has 0 atom stereocenters. The highest BCUT2D eigenvalue weighted by atomic mass is 32.2. The first-order valence-electron chi connectivity index (χ1n) is 6.08. The van der Waals surface area contributed by atoms with Gasteiger partial charge in [0, 0.05) is 11.1 Å². The molecule has 1 heterocycles. The number of benzene rings is 2. The summed E-state index contributed by atoms with van der Waals surface area (Å²) in [5.41, 5.74) is 0.309. The monoisotopic (exact) mass is 302 g/mol. The topological polar surface area (TPSA) is 77.5 Å². The van der Waals surface area contributed by atoms with E-state index in [4.69, 9.17) is 0 Å². The van der Waals surface area contributed by atoms with Crippen LogP contribution in [-0.2, 0) is 14.6 Å². The highest BCUT2D eigenvalue weighted by Gasteiger charge is 2.35. The van der Waals surface area contributed by atoms with Crippen molar-refractivity contribution in [2.45, 2.75) is 9.79 Å². The van der Waals surface area contributed by atoms with Crippen LogP contribution in [0.5, 0.6) is 0 Å². The van der Waals surface area contributed by atoms with Crippen LogP contribution in [0.1, 0.15) is 26.3 Å². The van der Waals surface area contributed by atoms with Gasteiger partial charge >= 0.3 is 5.97 Å². The first-order valence-corrected chi connectivity index (χ1v) is 7.56. The van der Waals surface area contributed by atoms with Gasteiger partial charge in [0.05, 0.1) is 22.5 Å². The van der Waals surface area contributed by atoms with Gasteiger partial charge in [0.15, 0.2) is 5.78 Å². The number of hydrogen-bond acceptors (Lipinski definition) is 5. The number of methoxy groups -OCH3 is 1. The van der Waals surface area contributed by atoms with Crippen molar-refractivity contribution in [3.8, 4) is 0 Å². The van der Waals surface area contributed by atoms with Crippen molar-refractivity contribution in [1.82, 2.24) is 0 Å². The maximum atomic E-state index is 12.6. The van der Waals surface area contributed by atoms with Gasteiger partial charge in [0.2, 0.25) is 9.84 Å². The predicted octanol–water partition coefficient (Wildman–Crippen LogP) is 1.85. The SMILES string of the molecule is COC(=O)c1ccc2c(c1)S(=O)(=O)c1ccccc1C2=O. The van der Waals surface area contributed by atoms with Gasteiger partial charge in [0.1, 0.15) is 0 Å². The summed E-state index contributed by atoms with van der Waals surface area (Å²) < 4.78 is 29.8. The molecule has 6 heteroatoms. The fourth-order valence-corrected chi connectivity index (χ4v) is 4.01. The van der Waals surface area contributed by atoms with E-state index in [9.17, 15) is 18.0 Å². The number of hydrogen-bond donors (Lipinski definition) is 0. The average molecular weight is 302 g/mol. The maximum absolute atomic E-state index is 12.6. The Labute approximate surface area is 121 Å². The van der Waals surface area contributed by atoms with Gasteiger partial charge in [-0.1, -0.05) is 12.1 Å². The molecule has 0 N–H and O–H groups in total. The summed E-state index contributed by atoms with van der Waals surface area (Å²) in [6.07, 6.45) is 0. The van der Waals surface area contributed by atoms with Crippen LogP contribution in [-0.4, -0.2) is 27.3 Å². The molecule has 5 nitrogen and oxygen atoms in total. The van der Waals surface area contributed by atoms with Gasteiger partial charge in [-0.15, -0.1) is 0 Å². The lowest BCUT2D eigenvalue weighted by Crippen LogP contribution is -2.20. The predicted molar refractivity (Wildman–Crippen MR) is 73.1 cm³/mol.